The van der Waals surface area contributed by atoms with Crippen molar-refractivity contribution in [3.8, 4) is 0 Å². The highest BCUT2D eigenvalue weighted by molar-refractivity contribution is 7.22. The van der Waals surface area contributed by atoms with Crippen LogP contribution in [0, 0.1) is 0 Å². The minimum absolute atomic E-state index is 0.169. The summed E-state index contributed by atoms with van der Waals surface area (Å²) in [6.07, 6.45) is 7.31. The molecular weight excluding hydrogens is 593 g/mol. The van der Waals surface area contributed by atoms with Crippen LogP contribution >= 0.6 is 22.7 Å². The lowest BCUT2D eigenvalue weighted by atomic mass is 10.0. The molecule has 2 saturated heterocycles. The molecule has 0 spiro atoms. The van der Waals surface area contributed by atoms with Gasteiger partial charge in [-0.3, -0.25) is 15.0 Å². The molecule has 0 aliphatic carbocycles. The molecule has 0 atom stereocenters. The highest BCUT2D eigenvalue weighted by atomic mass is 32.1. The monoisotopic (exact) mass is 626 g/mol. The van der Waals surface area contributed by atoms with Gasteiger partial charge in [-0.1, -0.05) is 83.4 Å². The Labute approximate surface area is 264 Å². The van der Waals surface area contributed by atoms with Crippen molar-refractivity contribution >= 4 is 60.7 Å². The number of carbonyl (C=O) groups excluding carboxylic acids is 1. The molecule has 2 fully saturated rings. The largest absolute Gasteiger partial charge is 0.476 e. The van der Waals surface area contributed by atoms with Crippen molar-refractivity contribution in [2.75, 3.05) is 54.4 Å². The van der Waals surface area contributed by atoms with E-state index in [0.717, 1.165) is 72.3 Å². The number of piperidine rings is 1. The molecule has 0 bridgehead atoms. The molecule has 1 amide bonds. The van der Waals surface area contributed by atoms with Gasteiger partial charge in [-0.15, -0.1) is 0 Å². The third-order valence-corrected chi connectivity index (χ3v) is 9.91. The van der Waals surface area contributed by atoms with E-state index >= 15 is 0 Å². The molecule has 9 nitrogen and oxygen atoms in total. The van der Waals surface area contributed by atoms with Crippen LogP contribution < -0.4 is 15.1 Å². The van der Waals surface area contributed by atoms with E-state index in [1.807, 2.05) is 42.5 Å². The van der Waals surface area contributed by atoms with Crippen LogP contribution in [0.5, 0.6) is 0 Å². The van der Waals surface area contributed by atoms with Gasteiger partial charge in [-0.2, -0.15) is 0 Å². The fourth-order valence-electron chi connectivity index (χ4n) is 5.39. The Hall–Kier alpha value is -4.32. The van der Waals surface area contributed by atoms with Crippen LogP contribution in [0.1, 0.15) is 28.2 Å². The number of carbonyl (C=O) groups is 2. The number of allylic oxidation sites excluding steroid dienone is 2. The van der Waals surface area contributed by atoms with Crippen LogP contribution in [0.15, 0.2) is 90.6 Å². The Kier molecular flexibility index (Phi) is 9.15. The molecule has 44 heavy (non-hydrogen) atoms. The van der Waals surface area contributed by atoms with E-state index in [0.29, 0.717) is 17.2 Å². The summed E-state index contributed by atoms with van der Waals surface area (Å²) in [7, 11) is 0. The Balaban J connectivity index is 1.00. The quantitative estimate of drug-likeness (QED) is 0.171. The third kappa shape index (κ3) is 7.07. The number of hydrogen-bond acceptors (Lipinski definition) is 9. The van der Waals surface area contributed by atoms with Crippen molar-refractivity contribution in [3.05, 3.63) is 101 Å². The summed E-state index contributed by atoms with van der Waals surface area (Å²) < 4.78 is 1.02. The number of fused-ring (bicyclic) bond motifs is 1. The standard InChI is InChI=1S/C33H34N6O3S2/c1-23(30(40)36-32-34-26-12-5-6-13-27(26)43-32)8-7-9-24-14-16-39(17-15-24)33-35-29(31(41)42)28(44-33)22-37-18-20-38(21-19-37)25-10-3-2-4-11-25/h2-13H,1,14-22H2,(H,41,42)(H,34,36,40)/b8-7-. The normalized spacial score (nSPS) is 16.0. The second-order valence-electron chi connectivity index (χ2n) is 10.8. The summed E-state index contributed by atoms with van der Waals surface area (Å²) in [6.45, 7) is 9.61. The first-order valence-electron chi connectivity index (χ1n) is 14.6. The molecule has 0 saturated carbocycles. The fourth-order valence-corrected chi connectivity index (χ4v) is 7.39. The van der Waals surface area contributed by atoms with Crippen LogP contribution in [-0.2, 0) is 11.3 Å². The van der Waals surface area contributed by atoms with Crippen molar-refractivity contribution in [3.63, 3.8) is 0 Å². The zero-order valence-corrected chi connectivity index (χ0v) is 25.9. The van der Waals surface area contributed by atoms with Gasteiger partial charge in [0.05, 0.1) is 15.1 Å². The maximum Gasteiger partial charge on any atom is 0.355 e. The van der Waals surface area contributed by atoms with Crippen molar-refractivity contribution in [1.82, 2.24) is 14.9 Å². The number of rotatable bonds is 9. The molecule has 2 N–H and O–H groups in total. The number of carboxylic acid groups (broad SMARTS) is 1. The number of amides is 1. The van der Waals surface area contributed by atoms with Crippen LogP contribution in [0.2, 0.25) is 0 Å². The maximum absolute atomic E-state index is 12.6. The molecule has 6 rings (SSSR count). The number of thiazole rings is 2. The summed E-state index contributed by atoms with van der Waals surface area (Å²) in [4.78, 5) is 41.3. The average Bonchev–Trinajstić information content (AvgIpc) is 3.66. The molecule has 2 aliphatic heterocycles. The van der Waals surface area contributed by atoms with E-state index in [9.17, 15) is 14.7 Å². The fraction of sp³-hybridized carbons (Fsp3) is 0.273. The van der Waals surface area contributed by atoms with Crippen LogP contribution in [0.3, 0.4) is 0 Å². The van der Waals surface area contributed by atoms with Crippen LogP contribution in [-0.4, -0.2) is 71.1 Å². The topological polar surface area (TPSA) is 102 Å². The van der Waals surface area contributed by atoms with Crippen molar-refractivity contribution in [1.29, 1.82) is 0 Å². The van der Waals surface area contributed by atoms with E-state index in [-0.39, 0.29) is 11.6 Å². The SMILES string of the molecule is C=C(/C=C\C=C1CCN(c2nc(C(=O)O)c(CN3CCN(c4ccccc4)CC3)s2)CC1)C(=O)Nc1nc2ccccc2s1. The first-order chi connectivity index (χ1) is 21.4. The number of nitrogens with one attached hydrogen (secondary N) is 1. The van der Waals surface area contributed by atoms with E-state index in [4.69, 9.17) is 0 Å². The number of carboxylic acids is 1. The lowest BCUT2D eigenvalue weighted by molar-refractivity contribution is -0.112. The molecule has 0 radical (unpaired) electrons. The average molecular weight is 627 g/mol. The van der Waals surface area contributed by atoms with Crippen molar-refractivity contribution in [2.24, 2.45) is 0 Å². The Morgan fingerprint density at radius 3 is 2.36 bits per heavy atom. The van der Waals surface area contributed by atoms with Crippen molar-refractivity contribution in [2.45, 2.75) is 19.4 Å². The van der Waals surface area contributed by atoms with E-state index in [1.54, 1.807) is 6.08 Å². The number of benzene rings is 2. The van der Waals surface area contributed by atoms with E-state index < -0.39 is 5.97 Å². The summed E-state index contributed by atoms with van der Waals surface area (Å²) in [5, 5.41) is 14.0. The van der Waals surface area contributed by atoms with Crippen LogP contribution in [0.25, 0.3) is 10.2 Å². The van der Waals surface area contributed by atoms with E-state index in [1.165, 1.54) is 33.9 Å². The minimum Gasteiger partial charge on any atom is -0.476 e. The molecule has 2 aromatic carbocycles. The van der Waals surface area contributed by atoms with Gasteiger partial charge in [0, 0.05) is 57.1 Å². The Bertz CT molecular complexity index is 1680. The summed E-state index contributed by atoms with van der Waals surface area (Å²) in [5.41, 5.74) is 3.88. The lowest BCUT2D eigenvalue weighted by Crippen LogP contribution is -2.46. The Morgan fingerprint density at radius 2 is 1.64 bits per heavy atom. The molecule has 2 aromatic heterocycles. The molecule has 0 unspecified atom stereocenters. The molecule has 4 aromatic rings. The number of aromatic carboxylic acids is 1. The maximum atomic E-state index is 12.6. The lowest BCUT2D eigenvalue weighted by Gasteiger charge is -2.35. The summed E-state index contributed by atoms with van der Waals surface area (Å²) in [5.74, 6) is -1.25. The third-order valence-electron chi connectivity index (χ3n) is 7.86. The second-order valence-corrected chi connectivity index (χ2v) is 12.9. The van der Waals surface area contributed by atoms with Crippen molar-refractivity contribution < 1.29 is 14.7 Å². The van der Waals surface area contributed by atoms with Gasteiger partial charge >= 0.3 is 5.97 Å². The number of hydrogen-bond donors (Lipinski definition) is 2. The molecule has 11 heteroatoms. The number of anilines is 3. The minimum atomic E-state index is -0.972. The summed E-state index contributed by atoms with van der Waals surface area (Å²) >= 11 is 2.93. The van der Waals surface area contributed by atoms with Crippen LogP contribution in [0.4, 0.5) is 16.0 Å². The zero-order chi connectivity index (χ0) is 30.5. The highest BCUT2D eigenvalue weighted by Crippen LogP contribution is 2.31. The smallest absolute Gasteiger partial charge is 0.355 e. The van der Waals surface area contributed by atoms with Gasteiger partial charge in [-0.05, 0) is 37.1 Å². The number of nitrogens with zero attached hydrogens (tertiary/aromatic N) is 5. The predicted octanol–water partition coefficient (Wildman–Crippen LogP) is 6.05. The van der Waals surface area contributed by atoms with Gasteiger partial charge in [0.15, 0.2) is 16.0 Å². The van der Waals surface area contributed by atoms with Gasteiger partial charge in [0.2, 0.25) is 0 Å². The Morgan fingerprint density at radius 1 is 0.909 bits per heavy atom. The van der Waals surface area contributed by atoms with Gasteiger partial charge in [-0.25, -0.2) is 14.8 Å². The number of aromatic nitrogens is 2. The summed E-state index contributed by atoms with van der Waals surface area (Å²) in [6, 6.07) is 18.2. The van der Waals surface area contributed by atoms with Gasteiger partial charge in [0.25, 0.3) is 5.91 Å². The number of para-hydroxylation sites is 2. The first-order valence-corrected chi connectivity index (χ1v) is 16.3. The first kappa shape index (κ1) is 29.7. The highest BCUT2D eigenvalue weighted by Gasteiger charge is 2.25. The van der Waals surface area contributed by atoms with Gasteiger partial charge < -0.3 is 14.9 Å². The molecule has 4 heterocycles. The molecule has 226 valence electrons. The van der Waals surface area contributed by atoms with Gasteiger partial charge in [0.1, 0.15) is 0 Å². The second kappa shape index (κ2) is 13.5. The zero-order valence-electron chi connectivity index (χ0n) is 24.3. The van der Waals surface area contributed by atoms with E-state index in [2.05, 4.69) is 60.8 Å². The predicted molar refractivity (Wildman–Crippen MR) is 179 cm³/mol. The number of piperazine rings is 1. The molecular formula is C33H34N6O3S2. The molecule has 2 aliphatic rings.